The molecule has 0 spiro atoms. The number of rotatable bonds is 3. The fourth-order valence-corrected chi connectivity index (χ4v) is 1.44. The van der Waals surface area contributed by atoms with Gasteiger partial charge in [0.25, 0.3) is 5.89 Å². The second kappa shape index (κ2) is 4.72. The molecule has 0 unspecified atom stereocenters. The second-order valence-corrected chi connectivity index (χ2v) is 4.10. The first-order chi connectivity index (χ1) is 7.29. The molecule has 0 aromatic carbocycles. The van der Waals surface area contributed by atoms with E-state index in [4.69, 9.17) is 16.0 Å². The fraction of sp³-hybridized carbons (Fsp3) is 0.222. The summed E-state index contributed by atoms with van der Waals surface area (Å²) < 4.78 is 6.27. The zero-order valence-electron chi connectivity index (χ0n) is 7.65. The first-order valence-corrected chi connectivity index (χ1v) is 5.62. The van der Waals surface area contributed by atoms with E-state index in [0.29, 0.717) is 29.8 Å². The van der Waals surface area contributed by atoms with E-state index in [1.165, 1.54) is 0 Å². The Morgan fingerprint density at radius 3 is 2.87 bits per heavy atom. The third-order valence-electron chi connectivity index (χ3n) is 1.72. The molecule has 0 N–H and O–H groups in total. The molecule has 0 radical (unpaired) electrons. The van der Waals surface area contributed by atoms with Gasteiger partial charge in [-0.3, -0.25) is 0 Å². The van der Waals surface area contributed by atoms with E-state index in [9.17, 15) is 0 Å². The molecule has 0 amide bonds. The first kappa shape index (κ1) is 10.6. The van der Waals surface area contributed by atoms with Gasteiger partial charge in [0.05, 0.1) is 0 Å². The zero-order valence-corrected chi connectivity index (χ0v) is 9.99. The molecule has 2 aromatic rings. The lowest BCUT2D eigenvalue weighted by Gasteiger charge is -1.93. The molecule has 0 aliphatic carbocycles. The van der Waals surface area contributed by atoms with Gasteiger partial charge in [-0.05, 0) is 28.1 Å². The molecule has 2 heterocycles. The first-order valence-electron chi connectivity index (χ1n) is 4.30. The van der Waals surface area contributed by atoms with E-state index >= 15 is 0 Å². The quantitative estimate of drug-likeness (QED) is 0.815. The number of pyridine rings is 1. The van der Waals surface area contributed by atoms with Crippen LogP contribution in [0.5, 0.6) is 0 Å². The van der Waals surface area contributed by atoms with Gasteiger partial charge in [0, 0.05) is 23.0 Å². The molecule has 0 bridgehead atoms. The summed E-state index contributed by atoms with van der Waals surface area (Å²) in [5.41, 5.74) is 0.659. The van der Waals surface area contributed by atoms with Gasteiger partial charge in [-0.2, -0.15) is 0 Å². The summed E-state index contributed by atoms with van der Waals surface area (Å²) in [5, 5.41) is 7.73. The van der Waals surface area contributed by atoms with Crippen molar-refractivity contribution in [1.82, 2.24) is 15.2 Å². The van der Waals surface area contributed by atoms with E-state index < -0.39 is 0 Å². The summed E-state index contributed by atoms with van der Waals surface area (Å²) in [4.78, 5) is 4.15. The van der Waals surface area contributed by atoms with Gasteiger partial charge in [0.2, 0.25) is 5.89 Å². The molecular formula is C9H7BrClN3O. The lowest BCUT2D eigenvalue weighted by molar-refractivity contribution is 0.512. The van der Waals surface area contributed by atoms with Crippen LogP contribution in [0.25, 0.3) is 11.6 Å². The number of alkyl halides is 1. The van der Waals surface area contributed by atoms with E-state index in [2.05, 4.69) is 31.1 Å². The molecule has 15 heavy (non-hydrogen) atoms. The summed E-state index contributed by atoms with van der Waals surface area (Å²) in [6.45, 7) is 0. The highest BCUT2D eigenvalue weighted by molar-refractivity contribution is 9.10. The summed E-state index contributed by atoms with van der Waals surface area (Å²) in [5.74, 6) is 1.42. The van der Waals surface area contributed by atoms with Crippen LogP contribution in [0.4, 0.5) is 0 Å². The molecule has 2 aromatic heterocycles. The maximum Gasteiger partial charge on any atom is 0.266 e. The van der Waals surface area contributed by atoms with Gasteiger partial charge in [0.1, 0.15) is 5.69 Å². The number of hydrogen-bond donors (Lipinski definition) is 0. The predicted octanol–water partition coefficient (Wildman–Crippen LogP) is 2.68. The highest BCUT2D eigenvalue weighted by atomic mass is 79.9. The van der Waals surface area contributed by atoms with Gasteiger partial charge in [-0.15, -0.1) is 21.8 Å². The fourth-order valence-electron chi connectivity index (χ4n) is 1.04. The second-order valence-electron chi connectivity index (χ2n) is 2.80. The molecule has 0 saturated heterocycles. The highest BCUT2D eigenvalue weighted by Crippen LogP contribution is 2.17. The molecule has 78 valence electrons. The van der Waals surface area contributed by atoms with Crippen molar-refractivity contribution in [1.29, 1.82) is 0 Å². The van der Waals surface area contributed by atoms with Gasteiger partial charge in [-0.25, -0.2) is 4.98 Å². The summed E-state index contributed by atoms with van der Waals surface area (Å²) in [6, 6.07) is 3.68. The van der Waals surface area contributed by atoms with E-state index in [-0.39, 0.29) is 0 Å². The predicted molar refractivity (Wildman–Crippen MR) is 59.7 cm³/mol. The third kappa shape index (κ3) is 2.54. The standard InChI is InChI=1S/C9H7BrClN3O/c10-6-1-2-7(12-5-6)9-14-13-8(15-9)3-4-11/h1-2,5H,3-4H2. The van der Waals surface area contributed by atoms with Crippen LogP contribution in [-0.2, 0) is 6.42 Å². The Labute approximate surface area is 99.8 Å². The van der Waals surface area contributed by atoms with Crippen molar-refractivity contribution in [2.75, 3.05) is 5.88 Å². The van der Waals surface area contributed by atoms with Gasteiger partial charge in [-0.1, -0.05) is 0 Å². The number of halogens is 2. The van der Waals surface area contributed by atoms with E-state index in [0.717, 1.165) is 4.47 Å². The normalized spacial score (nSPS) is 10.5. The lowest BCUT2D eigenvalue weighted by atomic mass is 10.3. The molecule has 0 aliphatic rings. The van der Waals surface area contributed by atoms with Crippen LogP contribution in [-0.4, -0.2) is 21.1 Å². The third-order valence-corrected chi connectivity index (χ3v) is 2.38. The molecule has 6 heteroatoms. The monoisotopic (exact) mass is 287 g/mol. The van der Waals surface area contributed by atoms with Crippen LogP contribution in [0.2, 0.25) is 0 Å². The zero-order chi connectivity index (χ0) is 10.7. The average molecular weight is 289 g/mol. The molecule has 2 rings (SSSR count). The minimum absolute atomic E-state index is 0.419. The topological polar surface area (TPSA) is 51.8 Å². The van der Waals surface area contributed by atoms with Crippen LogP contribution < -0.4 is 0 Å². The molecule has 0 fully saturated rings. The molecule has 0 atom stereocenters. The number of nitrogens with zero attached hydrogens (tertiary/aromatic N) is 3. The van der Waals surface area contributed by atoms with E-state index in [1.807, 2.05) is 12.1 Å². The van der Waals surface area contributed by atoms with Crippen molar-refractivity contribution in [3.8, 4) is 11.6 Å². The van der Waals surface area contributed by atoms with E-state index in [1.54, 1.807) is 6.20 Å². The van der Waals surface area contributed by atoms with Crippen molar-refractivity contribution in [2.45, 2.75) is 6.42 Å². The van der Waals surface area contributed by atoms with Crippen LogP contribution in [0.1, 0.15) is 5.89 Å². The van der Waals surface area contributed by atoms with Gasteiger partial charge >= 0.3 is 0 Å². The Morgan fingerprint density at radius 1 is 1.33 bits per heavy atom. The van der Waals surface area contributed by atoms with Crippen LogP contribution >= 0.6 is 27.5 Å². The maximum absolute atomic E-state index is 5.56. The number of hydrogen-bond acceptors (Lipinski definition) is 4. The van der Waals surface area contributed by atoms with Crippen molar-refractivity contribution in [2.24, 2.45) is 0 Å². The van der Waals surface area contributed by atoms with Crippen molar-refractivity contribution in [3.63, 3.8) is 0 Å². The molecular weight excluding hydrogens is 281 g/mol. The van der Waals surface area contributed by atoms with Crippen LogP contribution in [0, 0.1) is 0 Å². The Kier molecular flexibility index (Phi) is 3.33. The Bertz CT molecular complexity index is 443. The van der Waals surface area contributed by atoms with Gasteiger partial charge in [0.15, 0.2) is 0 Å². The van der Waals surface area contributed by atoms with Crippen molar-refractivity contribution in [3.05, 3.63) is 28.7 Å². The van der Waals surface area contributed by atoms with Crippen molar-refractivity contribution < 1.29 is 4.42 Å². The number of aromatic nitrogens is 3. The Morgan fingerprint density at radius 2 is 2.20 bits per heavy atom. The highest BCUT2D eigenvalue weighted by Gasteiger charge is 2.08. The summed E-state index contributed by atoms with van der Waals surface area (Å²) in [6.07, 6.45) is 2.26. The number of aryl methyl sites for hydroxylation is 1. The largest absolute Gasteiger partial charge is 0.419 e. The van der Waals surface area contributed by atoms with Crippen molar-refractivity contribution >= 4 is 27.5 Å². The minimum atomic E-state index is 0.419. The molecule has 4 nitrogen and oxygen atoms in total. The Balaban J connectivity index is 2.25. The van der Waals surface area contributed by atoms with Gasteiger partial charge < -0.3 is 4.42 Å². The lowest BCUT2D eigenvalue weighted by Crippen LogP contribution is -1.84. The maximum atomic E-state index is 5.56. The van der Waals surface area contributed by atoms with Crippen LogP contribution in [0.15, 0.2) is 27.2 Å². The molecule has 0 saturated carbocycles. The average Bonchev–Trinajstić information content (AvgIpc) is 2.68. The Hall–Kier alpha value is -0.940. The summed E-state index contributed by atoms with van der Waals surface area (Å²) in [7, 11) is 0. The van der Waals surface area contributed by atoms with Crippen LogP contribution in [0.3, 0.4) is 0 Å². The smallest absolute Gasteiger partial charge is 0.266 e. The SMILES string of the molecule is ClCCc1nnc(-c2ccc(Br)cn2)o1. The summed E-state index contributed by atoms with van der Waals surface area (Å²) >= 11 is 8.86. The minimum Gasteiger partial charge on any atom is -0.419 e. The molecule has 0 aliphatic heterocycles.